The molecule has 0 aromatic heterocycles. The van der Waals surface area contributed by atoms with Crippen molar-refractivity contribution >= 4 is 11.9 Å². The molecule has 0 heterocycles. The zero-order chi connectivity index (χ0) is 16.0. The number of carboxylic acids is 1. The van der Waals surface area contributed by atoms with Crippen LogP contribution in [0.3, 0.4) is 0 Å². The van der Waals surface area contributed by atoms with Crippen LogP contribution in [0.2, 0.25) is 0 Å². The van der Waals surface area contributed by atoms with Crippen LogP contribution in [0, 0.1) is 11.8 Å². The molecule has 0 unspecified atom stereocenters. The van der Waals surface area contributed by atoms with E-state index in [-0.39, 0.29) is 18.6 Å². The lowest BCUT2D eigenvalue weighted by atomic mass is 10.1. The van der Waals surface area contributed by atoms with Gasteiger partial charge in [-0.1, -0.05) is 11.8 Å². The molecule has 0 spiro atoms. The van der Waals surface area contributed by atoms with Gasteiger partial charge in [-0.3, -0.25) is 4.79 Å². The summed E-state index contributed by atoms with van der Waals surface area (Å²) in [5, 5.41) is 8.79. The summed E-state index contributed by atoms with van der Waals surface area (Å²) in [6, 6.07) is 2.26. The van der Waals surface area contributed by atoms with Crippen LogP contribution in [0.4, 0.5) is 13.2 Å². The monoisotopic (exact) mass is 300 g/mol. The Morgan fingerprint density at radius 3 is 2.48 bits per heavy atom. The van der Waals surface area contributed by atoms with Crippen LogP contribution in [0.25, 0.3) is 0 Å². The van der Waals surface area contributed by atoms with Crippen LogP contribution in [-0.4, -0.2) is 23.7 Å². The number of hydrogen-bond acceptors (Lipinski definition) is 3. The second-order valence-electron chi connectivity index (χ2n) is 3.89. The van der Waals surface area contributed by atoms with Gasteiger partial charge in [-0.05, 0) is 25.1 Å². The predicted molar refractivity (Wildman–Crippen MR) is 66.5 cm³/mol. The zero-order valence-corrected chi connectivity index (χ0v) is 11.0. The lowest BCUT2D eigenvalue weighted by Gasteiger charge is -2.08. The van der Waals surface area contributed by atoms with Gasteiger partial charge in [0.1, 0.15) is 6.42 Å². The Balaban J connectivity index is 3.07. The van der Waals surface area contributed by atoms with Gasteiger partial charge >= 0.3 is 18.1 Å². The molecule has 0 amide bonds. The first-order valence-electron chi connectivity index (χ1n) is 5.84. The zero-order valence-electron chi connectivity index (χ0n) is 11.0. The smallest absolute Gasteiger partial charge is 0.416 e. The lowest BCUT2D eigenvalue weighted by molar-refractivity contribution is -0.142. The highest BCUT2D eigenvalue weighted by molar-refractivity contribution is 5.88. The van der Waals surface area contributed by atoms with Gasteiger partial charge in [0.05, 0.1) is 17.7 Å². The van der Waals surface area contributed by atoms with Crippen LogP contribution in [0.1, 0.15) is 34.8 Å². The number of halogens is 3. The van der Waals surface area contributed by atoms with Gasteiger partial charge in [0.15, 0.2) is 0 Å². The summed E-state index contributed by atoms with van der Waals surface area (Å²) in [7, 11) is 0. The fourth-order valence-corrected chi connectivity index (χ4v) is 1.42. The molecule has 0 aliphatic heterocycles. The molecule has 0 aliphatic rings. The van der Waals surface area contributed by atoms with Gasteiger partial charge in [-0.2, -0.15) is 13.2 Å². The lowest BCUT2D eigenvalue weighted by Crippen LogP contribution is -2.08. The molecule has 1 aromatic carbocycles. The summed E-state index contributed by atoms with van der Waals surface area (Å²) in [6.07, 6.45) is -4.96. The fraction of sp³-hybridized carbons (Fsp3) is 0.286. The third kappa shape index (κ3) is 5.18. The molecule has 1 aromatic rings. The molecule has 1 N–H and O–H groups in total. The van der Waals surface area contributed by atoms with Gasteiger partial charge < -0.3 is 9.84 Å². The van der Waals surface area contributed by atoms with Gasteiger partial charge in [-0.15, -0.1) is 0 Å². The van der Waals surface area contributed by atoms with Gasteiger partial charge in [0.2, 0.25) is 0 Å². The van der Waals surface area contributed by atoms with Crippen molar-refractivity contribution in [3.63, 3.8) is 0 Å². The highest BCUT2D eigenvalue weighted by Crippen LogP contribution is 2.30. The quantitative estimate of drug-likeness (QED) is 0.688. The predicted octanol–water partition coefficient (Wildman–Crippen LogP) is 2.71. The van der Waals surface area contributed by atoms with Gasteiger partial charge in [-0.25, -0.2) is 4.79 Å². The van der Waals surface area contributed by atoms with Crippen molar-refractivity contribution < 1.29 is 32.6 Å². The SMILES string of the molecule is CCOC(=O)CC#Cc1cc(C(=O)O)cc(C(F)(F)F)c1. The van der Waals surface area contributed by atoms with E-state index in [0.29, 0.717) is 6.07 Å². The molecule has 112 valence electrons. The summed E-state index contributed by atoms with van der Waals surface area (Å²) in [5.41, 5.74) is -1.76. The Morgan fingerprint density at radius 1 is 1.29 bits per heavy atom. The molecule has 0 saturated heterocycles. The largest absolute Gasteiger partial charge is 0.478 e. The Hall–Kier alpha value is -2.49. The Morgan fingerprint density at radius 2 is 1.95 bits per heavy atom. The maximum absolute atomic E-state index is 12.6. The van der Waals surface area contributed by atoms with Crippen LogP contribution in [0.5, 0.6) is 0 Å². The molecular weight excluding hydrogens is 289 g/mol. The number of carbonyl (C=O) groups is 2. The second kappa shape index (κ2) is 6.79. The topological polar surface area (TPSA) is 63.6 Å². The number of rotatable bonds is 3. The number of benzene rings is 1. The van der Waals surface area contributed by atoms with E-state index in [0.717, 1.165) is 12.1 Å². The number of ether oxygens (including phenoxy) is 1. The normalized spacial score (nSPS) is 10.5. The number of carboxylic acid groups (broad SMARTS) is 1. The summed E-state index contributed by atoms with van der Waals surface area (Å²) >= 11 is 0. The van der Waals surface area contributed by atoms with E-state index >= 15 is 0 Å². The average Bonchev–Trinajstić information content (AvgIpc) is 2.37. The first-order chi connectivity index (χ1) is 9.74. The first kappa shape index (κ1) is 16.6. The summed E-state index contributed by atoms with van der Waals surface area (Å²) in [4.78, 5) is 21.8. The van der Waals surface area contributed by atoms with Gasteiger partial charge in [0, 0.05) is 5.56 Å². The summed E-state index contributed by atoms with van der Waals surface area (Å²) in [6.45, 7) is 1.78. The molecular formula is C14H11F3O4. The van der Waals surface area contributed by atoms with E-state index in [2.05, 4.69) is 16.6 Å². The Labute approximate surface area is 118 Å². The minimum atomic E-state index is -4.68. The Bertz CT molecular complexity index is 609. The van der Waals surface area contributed by atoms with Gasteiger partial charge in [0.25, 0.3) is 0 Å². The van der Waals surface area contributed by atoms with Crippen molar-refractivity contribution in [1.29, 1.82) is 0 Å². The number of aromatic carboxylic acids is 1. The third-order valence-electron chi connectivity index (χ3n) is 2.28. The van der Waals surface area contributed by atoms with Crippen molar-refractivity contribution in [3.05, 3.63) is 34.9 Å². The third-order valence-corrected chi connectivity index (χ3v) is 2.28. The van der Waals surface area contributed by atoms with Crippen molar-refractivity contribution in [1.82, 2.24) is 0 Å². The summed E-state index contributed by atoms with van der Waals surface area (Å²) < 4.78 is 42.5. The van der Waals surface area contributed by atoms with Crippen LogP contribution >= 0.6 is 0 Å². The van der Waals surface area contributed by atoms with E-state index in [1.165, 1.54) is 0 Å². The van der Waals surface area contributed by atoms with E-state index in [1.807, 2.05) is 0 Å². The van der Waals surface area contributed by atoms with E-state index < -0.39 is 29.2 Å². The minimum Gasteiger partial charge on any atom is -0.478 e. The number of esters is 1. The highest BCUT2D eigenvalue weighted by atomic mass is 19.4. The molecule has 0 aliphatic carbocycles. The second-order valence-corrected chi connectivity index (χ2v) is 3.89. The van der Waals surface area contributed by atoms with Crippen molar-refractivity contribution in [2.45, 2.75) is 19.5 Å². The first-order valence-corrected chi connectivity index (χ1v) is 5.84. The maximum atomic E-state index is 12.6. The van der Waals surface area contributed by atoms with E-state index in [1.54, 1.807) is 6.92 Å². The molecule has 0 atom stereocenters. The molecule has 1 rings (SSSR count). The Kier molecular flexibility index (Phi) is 5.36. The van der Waals surface area contributed by atoms with E-state index in [4.69, 9.17) is 5.11 Å². The van der Waals surface area contributed by atoms with Crippen LogP contribution < -0.4 is 0 Å². The highest BCUT2D eigenvalue weighted by Gasteiger charge is 2.31. The van der Waals surface area contributed by atoms with E-state index in [9.17, 15) is 22.8 Å². The average molecular weight is 300 g/mol. The standard InChI is InChI=1S/C14H11F3O4/c1-2-21-12(18)5-3-4-9-6-10(13(19)20)8-11(7-9)14(15,16)17/h6-8H,2,5H2,1H3,(H,19,20). The molecule has 0 radical (unpaired) electrons. The summed E-state index contributed by atoms with van der Waals surface area (Å²) in [5.74, 6) is 2.58. The molecule has 7 heteroatoms. The number of alkyl halides is 3. The fourth-order valence-electron chi connectivity index (χ4n) is 1.42. The van der Waals surface area contributed by atoms with Crippen molar-refractivity contribution in [3.8, 4) is 11.8 Å². The molecule has 0 fully saturated rings. The number of hydrogen-bond donors (Lipinski definition) is 1. The minimum absolute atomic E-state index is 0.133. The van der Waals surface area contributed by atoms with Crippen LogP contribution in [-0.2, 0) is 15.7 Å². The molecule has 0 saturated carbocycles. The molecule has 21 heavy (non-hydrogen) atoms. The number of carbonyl (C=O) groups excluding carboxylic acids is 1. The van der Waals surface area contributed by atoms with Crippen molar-refractivity contribution in [2.75, 3.05) is 6.61 Å². The maximum Gasteiger partial charge on any atom is 0.416 e. The molecule has 0 bridgehead atoms. The van der Waals surface area contributed by atoms with Crippen LogP contribution in [0.15, 0.2) is 18.2 Å². The molecule has 4 nitrogen and oxygen atoms in total. The van der Waals surface area contributed by atoms with Crippen molar-refractivity contribution in [2.24, 2.45) is 0 Å².